The van der Waals surface area contributed by atoms with Gasteiger partial charge in [-0.25, -0.2) is 13.6 Å². The van der Waals surface area contributed by atoms with Crippen LogP contribution in [0.3, 0.4) is 0 Å². The number of aromatic nitrogens is 1. The number of amides is 6. The van der Waals surface area contributed by atoms with Crippen molar-refractivity contribution in [2.75, 3.05) is 77.0 Å². The number of imide groups is 1. The number of thioether (sulfide) groups is 1. The topological polar surface area (TPSA) is 174 Å². The van der Waals surface area contributed by atoms with Gasteiger partial charge in [-0.3, -0.25) is 28.9 Å². The molecule has 0 radical (unpaired) electrons. The van der Waals surface area contributed by atoms with Crippen LogP contribution in [0.25, 0.3) is 11.1 Å². The number of hydrogen-bond acceptors (Lipinski definition) is 10. The van der Waals surface area contributed by atoms with Crippen molar-refractivity contribution in [1.82, 2.24) is 40.5 Å². The van der Waals surface area contributed by atoms with Gasteiger partial charge in [0.2, 0.25) is 17.7 Å². The van der Waals surface area contributed by atoms with Crippen LogP contribution in [0.1, 0.15) is 97.4 Å². The SMILES string of the molecule is CC(C)(C)OC(=O)N1CCC(CN(C(=O)CSCCC(=O)NCCNCCNCCNC(=O)CCCCCN2C(=O)C=CC2=O)[C@@H](c2cc(-c3cc(F)ccc3F)cn2Cc2ccccc2)C(C)(C)C)C1. The molecule has 2 aromatic carbocycles. The molecule has 0 saturated carbocycles. The third-order valence-corrected chi connectivity index (χ3v) is 13.0. The van der Waals surface area contributed by atoms with Gasteiger partial charge in [-0.05, 0) is 81.2 Å². The average molecular weight is 1010 g/mol. The van der Waals surface area contributed by atoms with Gasteiger partial charge in [-0.2, -0.15) is 11.8 Å². The van der Waals surface area contributed by atoms with E-state index in [2.05, 4.69) is 42.0 Å². The summed E-state index contributed by atoms with van der Waals surface area (Å²) in [6.07, 6.45) is 7.34. The van der Waals surface area contributed by atoms with Crippen molar-refractivity contribution in [2.24, 2.45) is 11.3 Å². The van der Waals surface area contributed by atoms with Crippen molar-refractivity contribution in [1.29, 1.82) is 0 Å². The normalized spacial score (nSPS) is 15.4. The van der Waals surface area contributed by atoms with Crippen LogP contribution >= 0.6 is 11.8 Å². The first-order chi connectivity index (χ1) is 33.8. The molecule has 4 N–H and O–H groups in total. The molecule has 0 spiro atoms. The fourth-order valence-corrected chi connectivity index (χ4v) is 9.50. The average Bonchev–Trinajstić information content (AvgIpc) is 4.04. The van der Waals surface area contributed by atoms with E-state index in [1.54, 1.807) is 4.90 Å². The van der Waals surface area contributed by atoms with Gasteiger partial charge in [0.15, 0.2) is 0 Å². The molecule has 3 aromatic rings. The lowest BCUT2D eigenvalue weighted by molar-refractivity contribution is -0.137. The fraction of sp³-hybridized carbons (Fsp3) is 0.547. The Hall–Kier alpha value is -5.59. The van der Waals surface area contributed by atoms with Crippen LogP contribution in [0.4, 0.5) is 13.6 Å². The van der Waals surface area contributed by atoms with Crippen molar-refractivity contribution in [3.63, 3.8) is 0 Å². The molecule has 15 nitrogen and oxygen atoms in total. The first-order valence-electron chi connectivity index (χ1n) is 24.8. The second-order valence-corrected chi connectivity index (χ2v) is 21.4. The molecule has 1 saturated heterocycles. The number of carbonyl (C=O) groups excluding carboxylic acids is 6. The van der Waals surface area contributed by atoms with Gasteiger partial charge in [0.05, 0.1) is 11.8 Å². The third-order valence-electron chi connectivity index (χ3n) is 12.1. The van der Waals surface area contributed by atoms with Crippen molar-refractivity contribution in [3.05, 3.63) is 95.8 Å². The van der Waals surface area contributed by atoms with Gasteiger partial charge >= 0.3 is 6.09 Å². The molecule has 0 bridgehead atoms. The highest BCUT2D eigenvalue weighted by molar-refractivity contribution is 7.99. The number of halogens is 2. The first kappa shape index (κ1) is 56.3. The molecule has 0 aliphatic carbocycles. The molecule has 5 rings (SSSR count). The van der Waals surface area contributed by atoms with Crippen LogP contribution in [0.5, 0.6) is 0 Å². The van der Waals surface area contributed by atoms with Gasteiger partial charge in [0, 0.05) is 126 Å². The van der Waals surface area contributed by atoms with Crippen molar-refractivity contribution in [2.45, 2.75) is 98.3 Å². The summed E-state index contributed by atoms with van der Waals surface area (Å²) < 4.78 is 37.7. The monoisotopic (exact) mass is 1000 g/mol. The molecule has 388 valence electrons. The molecular formula is C53H74F2N8O7S. The highest BCUT2D eigenvalue weighted by atomic mass is 32.2. The smallest absolute Gasteiger partial charge is 0.410 e. The summed E-state index contributed by atoms with van der Waals surface area (Å²) in [6.45, 7) is 17.2. The maximum absolute atomic E-state index is 15.4. The Bertz CT molecular complexity index is 2280. The minimum atomic E-state index is -0.656. The number of hydrogen-bond donors (Lipinski definition) is 4. The van der Waals surface area contributed by atoms with Gasteiger partial charge < -0.3 is 40.4 Å². The number of rotatable bonds is 27. The minimum Gasteiger partial charge on any atom is -0.444 e. The number of likely N-dealkylation sites (tertiary alicyclic amines) is 1. The van der Waals surface area contributed by atoms with Crippen LogP contribution in [-0.4, -0.2) is 137 Å². The molecule has 1 aromatic heterocycles. The van der Waals surface area contributed by atoms with Gasteiger partial charge in [-0.15, -0.1) is 0 Å². The Labute approximate surface area is 422 Å². The summed E-state index contributed by atoms with van der Waals surface area (Å²) in [4.78, 5) is 80.8. The van der Waals surface area contributed by atoms with Crippen molar-refractivity contribution >= 4 is 47.4 Å². The largest absolute Gasteiger partial charge is 0.444 e. The Balaban J connectivity index is 1.10. The molecule has 2 atom stereocenters. The summed E-state index contributed by atoms with van der Waals surface area (Å²) in [7, 11) is 0. The van der Waals surface area contributed by atoms with E-state index in [-0.39, 0.29) is 53.2 Å². The molecule has 71 heavy (non-hydrogen) atoms. The zero-order valence-corrected chi connectivity index (χ0v) is 43.1. The Morgan fingerprint density at radius 1 is 0.817 bits per heavy atom. The van der Waals surface area contributed by atoms with Crippen molar-refractivity contribution < 1.29 is 42.3 Å². The maximum atomic E-state index is 15.4. The highest BCUT2D eigenvalue weighted by Gasteiger charge is 2.40. The second-order valence-electron chi connectivity index (χ2n) is 20.3. The standard InChI is InChI=1S/C53H74F2N8O7S/c1-52(2,3)50(44-31-40(42-32-41(54)16-17-43(42)55)36-61(44)33-38-13-9-7-10-14-38)63(35-39-20-29-60(34-39)51(69)70-53(4,5)6)49(68)37-71-30-21-46(65)59-27-25-57-23-22-56-24-26-58-45(64)15-11-8-12-28-62-47(66)18-19-48(62)67/h7,9-10,13-14,16-19,31-32,36,39,50,56-57H,8,11-12,15,20-30,33-35,37H2,1-6H3,(H,58,64)(H,59,65)/t39?,50-/m0/s1. The summed E-state index contributed by atoms with van der Waals surface area (Å²) in [5, 5.41) is 12.4. The minimum absolute atomic E-state index is 0.0372. The van der Waals surface area contributed by atoms with Crippen LogP contribution in [-0.2, 0) is 35.3 Å². The van der Waals surface area contributed by atoms with Crippen LogP contribution in [0, 0.1) is 23.0 Å². The van der Waals surface area contributed by atoms with Crippen LogP contribution in [0.2, 0.25) is 0 Å². The van der Waals surface area contributed by atoms with Crippen molar-refractivity contribution in [3.8, 4) is 11.1 Å². The molecular weight excluding hydrogens is 931 g/mol. The maximum Gasteiger partial charge on any atom is 0.410 e. The van der Waals surface area contributed by atoms with E-state index in [9.17, 15) is 33.2 Å². The van der Waals surface area contributed by atoms with Gasteiger partial charge in [-0.1, -0.05) is 57.5 Å². The Morgan fingerprint density at radius 2 is 1.46 bits per heavy atom. The zero-order chi connectivity index (χ0) is 51.6. The zero-order valence-electron chi connectivity index (χ0n) is 42.3. The third kappa shape index (κ3) is 18.5. The van der Waals surface area contributed by atoms with E-state index in [0.717, 1.165) is 29.8 Å². The Morgan fingerprint density at radius 3 is 2.11 bits per heavy atom. The van der Waals surface area contributed by atoms with E-state index >= 15 is 4.39 Å². The van der Waals surface area contributed by atoms with E-state index in [1.165, 1.54) is 34.9 Å². The molecule has 2 aliphatic rings. The summed E-state index contributed by atoms with van der Waals surface area (Å²) in [6, 6.07) is 14.6. The number of carbonyl (C=O) groups is 6. The number of ether oxygens (including phenoxy) is 1. The number of nitrogens with one attached hydrogen (secondary N) is 4. The predicted molar refractivity (Wildman–Crippen MR) is 273 cm³/mol. The lowest BCUT2D eigenvalue weighted by Gasteiger charge is -2.42. The Kier molecular flexibility index (Phi) is 21.7. The van der Waals surface area contributed by atoms with E-state index < -0.39 is 34.8 Å². The molecule has 1 fully saturated rings. The molecule has 1 unspecified atom stereocenters. The highest BCUT2D eigenvalue weighted by Crippen LogP contribution is 2.42. The first-order valence-corrected chi connectivity index (χ1v) is 26.0. The second kappa shape index (κ2) is 27.3. The summed E-state index contributed by atoms with van der Waals surface area (Å²) in [5.74, 6) is -1.50. The van der Waals surface area contributed by atoms with Crippen LogP contribution in [0.15, 0.2) is 72.9 Å². The quantitative estimate of drug-likeness (QED) is 0.0477. The lowest BCUT2D eigenvalue weighted by Crippen LogP contribution is -2.46. The molecule has 3 heterocycles. The summed E-state index contributed by atoms with van der Waals surface area (Å²) >= 11 is 1.38. The van der Waals surface area contributed by atoms with E-state index in [0.29, 0.717) is 109 Å². The number of unbranched alkanes of at least 4 members (excludes halogenated alkanes) is 2. The predicted octanol–water partition coefficient (Wildman–Crippen LogP) is 6.67. The van der Waals surface area contributed by atoms with Crippen LogP contribution < -0.4 is 21.3 Å². The number of benzene rings is 2. The summed E-state index contributed by atoms with van der Waals surface area (Å²) in [5.41, 5.74) is 1.18. The van der Waals surface area contributed by atoms with Gasteiger partial charge in [0.1, 0.15) is 17.2 Å². The fourth-order valence-electron chi connectivity index (χ4n) is 8.69. The van der Waals surface area contributed by atoms with Gasteiger partial charge in [0.25, 0.3) is 11.8 Å². The lowest BCUT2D eigenvalue weighted by atomic mass is 9.82. The molecule has 18 heteroatoms. The van der Waals surface area contributed by atoms with E-state index in [4.69, 9.17) is 4.74 Å². The van der Waals surface area contributed by atoms with E-state index in [1.807, 2.05) is 72.8 Å². The molecule has 6 amide bonds. The molecule has 2 aliphatic heterocycles. The number of nitrogens with zero attached hydrogens (tertiary/aromatic N) is 4.